The Kier molecular flexibility index (Phi) is 3.70. The van der Waals surface area contributed by atoms with E-state index in [0.717, 1.165) is 23.6 Å². The molecule has 0 saturated heterocycles. The number of aromatic amines is 1. The number of ether oxygens (including phenoxy) is 1. The van der Waals surface area contributed by atoms with Crippen LogP contribution in [-0.2, 0) is 6.42 Å². The predicted molar refractivity (Wildman–Crippen MR) is 73.2 cm³/mol. The van der Waals surface area contributed by atoms with Crippen molar-refractivity contribution in [1.29, 1.82) is 0 Å². The van der Waals surface area contributed by atoms with E-state index >= 15 is 0 Å². The van der Waals surface area contributed by atoms with E-state index in [1.807, 2.05) is 13.8 Å². The molecular formula is C15H20N2O. The molecule has 1 aromatic heterocycles. The molecule has 1 N–H and O–H groups in total. The lowest BCUT2D eigenvalue weighted by Gasteiger charge is -2.08. The second kappa shape index (κ2) is 5.25. The number of hydrogen-bond donors (Lipinski definition) is 1. The first-order chi connectivity index (χ1) is 8.56. The van der Waals surface area contributed by atoms with Crippen molar-refractivity contribution in [2.24, 2.45) is 0 Å². The number of nitrogens with one attached hydrogen (secondary N) is 1. The standard InChI is InChI=1S/C15H20N2O/c1-10-7-11(2)9-14(8-10)18-6-5-15-12(3)16-17-13(15)4/h7-9H,5-6H2,1-4H3,(H,16,17). The van der Waals surface area contributed by atoms with Gasteiger partial charge in [-0.1, -0.05) is 6.07 Å². The van der Waals surface area contributed by atoms with Gasteiger partial charge in [-0.15, -0.1) is 0 Å². The van der Waals surface area contributed by atoms with Crippen molar-refractivity contribution in [2.45, 2.75) is 34.1 Å². The van der Waals surface area contributed by atoms with Crippen molar-refractivity contribution in [3.63, 3.8) is 0 Å². The molecule has 0 unspecified atom stereocenters. The van der Waals surface area contributed by atoms with Crippen molar-refractivity contribution in [2.75, 3.05) is 6.61 Å². The Morgan fingerprint density at radius 1 is 1.06 bits per heavy atom. The van der Waals surface area contributed by atoms with Crippen LogP contribution in [0.4, 0.5) is 0 Å². The highest BCUT2D eigenvalue weighted by atomic mass is 16.5. The Morgan fingerprint density at radius 3 is 2.28 bits per heavy atom. The fourth-order valence-corrected chi connectivity index (χ4v) is 2.23. The van der Waals surface area contributed by atoms with E-state index in [1.54, 1.807) is 0 Å². The van der Waals surface area contributed by atoms with Gasteiger partial charge in [0.2, 0.25) is 0 Å². The van der Waals surface area contributed by atoms with Gasteiger partial charge in [0.1, 0.15) is 5.75 Å². The summed E-state index contributed by atoms with van der Waals surface area (Å²) >= 11 is 0. The molecule has 0 fully saturated rings. The molecule has 0 atom stereocenters. The molecule has 96 valence electrons. The molecule has 0 aliphatic heterocycles. The topological polar surface area (TPSA) is 37.9 Å². The molecule has 1 heterocycles. The van der Waals surface area contributed by atoms with Crippen LogP contribution in [0.3, 0.4) is 0 Å². The third kappa shape index (κ3) is 2.92. The minimum Gasteiger partial charge on any atom is -0.493 e. The van der Waals surface area contributed by atoms with Gasteiger partial charge in [-0.25, -0.2) is 0 Å². The first kappa shape index (κ1) is 12.7. The van der Waals surface area contributed by atoms with E-state index in [-0.39, 0.29) is 0 Å². The third-order valence-electron chi connectivity index (χ3n) is 3.10. The minimum atomic E-state index is 0.685. The zero-order chi connectivity index (χ0) is 13.1. The summed E-state index contributed by atoms with van der Waals surface area (Å²) in [6.07, 6.45) is 0.890. The molecule has 0 spiro atoms. The van der Waals surface area contributed by atoms with Crippen LogP contribution in [0.5, 0.6) is 5.75 Å². The molecule has 18 heavy (non-hydrogen) atoms. The van der Waals surface area contributed by atoms with Gasteiger partial charge in [-0.05, 0) is 56.5 Å². The van der Waals surface area contributed by atoms with Crippen LogP contribution in [0.1, 0.15) is 28.1 Å². The van der Waals surface area contributed by atoms with Gasteiger partial charge in [0.25, 0.3) is 0 Å². The first-order valence-corrected chi connectivity index (χ1v) is 6.28. The van der Waals surface area contributed by atoms with Gasteiger partial charge in [-0.3, -0.25) is 5.10 Å². The highest BCUT2D eigenvalue weighted by Crippen LogP contribution is 2.17. The van der Waals surface area contributed by atoms with Crippen LogP contribution < -0.4 is 4.74 Å². The fraction of sp³-hybridized carbons (Fsp3) is 0.400. The average molecular weight is 244 g/mol. The molecular weight excluding hydrogens is 224 g/mol. The van der Waals surface area contributed by atoms with Gasteiger partial charge in [-0.2, -0.15) is 5.10 Å². The molecule has 0 amide bonds. The molecule has 0 bridgehead atoms. The van der Waals surface area contributed by atoms with Crippen LogP contribution >= 0.6 is 0 Å². The largest absolute Gasteiger partial charge is 0.493 e. The van der Waals surface area contributed by atoms with E-state index in [2.05, 4.69) is 42.2 Å². The van der Waals surface area contributed by atoms with Crippen molar-refractivity contribution in [3.05, 3.63) is 46.3 Å². The number of benzene rings is 1. The normalized spacial score (nSPS) is 10.7. The number of aromatic nitrogens is 2. The highest BCUT2D eigenvalue weighted by molar-refractivity contribution is 5.33. The second-order valence-electron chi connectivity index (χ2n) is 4.83. The molecule has 2 rings (SSSR count). The van der Waals surface area contributed by atoms with Crippen LogP contribution in [0.25, 0.3) is 0 Å². The van der Waals surface area contributed by atoms with Gasteiger partial charge in [0.05, 0.1) is 12.3 Å². The first-order valence-electron chi connectivity index (χ1n) is 6.28. The molecule has 1 aromatic carbocycles. The lowest BCUT2D eigenvalue weighted by molar-refractivity contribution is 0.321. The molecule has 0 radical (unpaired) electrons. The van der Waals surface area contributed by atoms with E-state index < -0.39 is 0 Å². The maximum Gasteiger partial charge on any atom is 0.119 e. The maximum absolute atomic E-state index is 5.81. The number of H-pyrrole nitrogens is 1. The summed E-state index contributed by atoms with van der Waals surface area (Å²) in [4.78, 5) is 0. The van der Waals surface area contributed by atoms with E-state index in [0.29, 0.717) is 6.61 Å². The summed E-state index contributed by atoms with van der Waals surface area (Å²) in [5.41, 5.74) is 5.94. The predicted octanol–water partition coefficient (Wildman–Crippen LogP) is 3.26. The summed E-state index contributed by atoms with van der Waals surface area (Å²) < 4.78 is 5.81. The monoisotopic (exact) mass is 244 g/mol. The van der Waals surface area contributed by atoms with Crippen LogP contribution in [0.2, 0.25) is 0 Å². The molecule has 0 saturated carbocycles. The number of hydrogen-bond acceptors (Lipinski definition) is 2. The van der Waals surface area contributed by atoms with Gasteiger partial charge >= 0.3 is 0 Å². The Morgan fingerprint density at radius 2 is 1.72 bits per heavy atom. The van der Waals surface area contributed by atoms with Gasteiger partial charge < -0.3 is 4.74 Å². The Bertz CT molecular complexity index is 504. The molecule has 0 aliphatic carbocycles. The summed E-state index contributed by atoms with van der Waals surface area (Å²) in [5, 5.41) is 7.19. The Balaban J connectivity index is 1.96. The zero-order valence-electron chi connectivity index (χ0n) is 11.5. The van der Waals surface area contributed by atoms with E-state index in [4.69, 9.17) is 4.74 Å². The van der Waals surface area contributed by atoms with Crippen molar-refractivity contribution >= 4 is 0 Å². The van der Waals surface area contributed by atoms with Gasteiger partial charge in [0, 0.05) is 12.1 Å². The SMILES string of the molecule is Cc1cc(C)cc(OCCc2c(C)n[nH]c2C)c1. The quantitative estimate of drug-likeness (QED) is 0.896. The number of nitrogens with zero attached hydrogens (tertiary/aromatic N) is 1. The highest BCUT2D eigenvalue weighted by Gasteiger charge is 2.06. The van der Waals surface area contributed by atoms with E-state index in [9.17, 15) is 0 Å². The molecule has 2 aromatic rings. The lowest BCUT2D eigenvalue weighted by atomic mass is 10.1. The zero-order valence-corrected chi connectivity index (χ0v) is 11.5. The van der Waals surface area contributed by atoms with Crippen molar-refractivity contribution < 1.29 is 4.74 Å². The van der Waals surface area contributed by atoms with Crippen molar-refractivity contribution in [1.82, 2.24) is 10.2 Å². The summed E-state index contributed by atoms with van der Waals surface area (Å²) in [6, 6.07) is 6.29. The fourth-order valence-electron chi connectivity index (χ4n) is 2.23. The molecule has 0 aliphatic rings. The maximum atomic E-state index is 5.81. The van der Waals surface area contributed by atoms with Crippen LogP contribution in [0.15, 0.2) is 18.2 Å². The molecule has 3 heteroatoms. The minimum absolute atomic E-state index is 0.685. The smallest absolute Gasteiger partial charge is 0.119 e. The van der Waals surface area contributed by atoms with Gasteiger partial charge in [0.15, 0.2) is 0 Å². The summed E-state index contributed by atoms with van der Waals surface area (Å²) in [7, 11) is 0. The lowest BCUT2D eigenvalue weighted by Crippen LogP contribution is -2.03. The summed E-state index contributed by atoms with van der Waals surface area (Å²) in [6.45, 7) is 8.93. The summed E-state index contributed by atoms with van der Waals surface area (Å²) in [5.74, 6) is 0.950. The molecule has 3 nitrogen and oxygen atoms in total. The van der Waals surface area contributed by atoms with Crippen molar-refractivity contribution in [3.8, 4) is 5.75 Å². The van der Waals surface area contributed by atoms with E-state index in [1.165, 1.54) is 16.7 Å². The van der Waals surface area contributed by atoms with Crippen LogP contribution in [0, 0.1) is 27.7 Å². The average Bonchev–Trinajstić information content (AvgIpc) is 2.59. The Hall–Kier alpha value is -1.77. The number of rotatable bonds is 4. The van der Waals surface area contributed by atoms with Crippen LogP contribution in [-0.4, -0.2) is 16.8 Å². The third-order valence-corrected chi connectivity index (χ3v) is 3.10. The second-order valence-corrected chi connectivity index (χ2v) is 4.83. The Labute approximate surface area is 108 Å². The number of aryl methyl sites for hydroxylation is 4.